The number of rotatable bonds is 4. The molecule has 0 saturated heterocycles. The zero-order valence-electron chi connectivity index (χ0n) is 9.19. The van der Waals surface area contributed by atoms with Crippen molar-refractivity contribution in [2.75, 3.05) is 0 Å². The molecular weight excluding hydrogens is 182 g/mol. The van der Waals surface area contributed by atoms with E-state index < -0.39 is 0 Å². The smallest absolute Gasteiger partial charge is 0.0513 e. The molecule has 1 aliphatic carbocycles. The second kappa shape index (κ2) is 4.92. The second-order valence-electron chi connectivity index (χ2n) is 3.95. The minimum absolute atomic E-state index is 0.395. The number of hydrogen-bond acceptors (Lipinski definition) is 1. The summed E-state index contributed by atoms with van der Waals surface area (Å²) in [6.07, 6.45) is 12.1. The number of unbranched alkanes of at least 4 members (excludes halogenated alkanes) is 1. The van der Waals surface area contributed by atoms with Gasteiger partial charge < -0.3 is 0 Å². The number of aromatic nitrogens is 1. The van der Waals surface area contributed by atoms with Gasteiger partial charge in [0, 0.05) is 11.6 Å². The topological polar surface area (TPSA) is 12.9 Å². The molecule has 1 aliphatic rings. The first kappa shape index (κ1) is 10.2. The molecule has 0 unspecified atom stereocenters. The largest absolute Gasteiger partial charge is 0.257 e. The summed E-state index contributed by atoms with van der Waals surface area (Å²) in [5.41, 5.74) is 2.40. The van der Waals surface area contributed by atoms with Crippen molar-refractivity contribution in [2.45, 2.75) is 32.1 Å². The van der Waals surface area contributed by atoms with Crippen LogP contribution in [0, 0.1) is 0 Å². The van der Waals surface area contributed by atoms with Gasteiger partial charge in [-0.15, -0.1) is 0 Å². The van der Waals surface area contributed by atoms with Crippen molar-refractivity contribution < 1.29 is 0 Å². The van der Waals surface area contributed by atoms with Crippen molar-refractivity contribution in [3.8, 4) is 0 Å². The molecule has 0 fully saturated rings. The predicted octanol–water partition coefficient (Wildman–Crippen LogP) is 3.63. The van der Waals surface area contributed by atoms with Crippen LogP contribution in [-0.4, -0.2) is 4.98 Å². The molecule has 1 nitrogen and oxygen atoms in total. The van der Waals surface area contributed by atoms with E-state index in [0.717, 1.165) is 6.42 Å². The van der Waals surface area contributed by atoms with Crippen LogP contribution in [0.25, 0.3) is 0 Å². The summed E-state index contributed by atoms with van der Waals surface area (Å²) < 4.78 is 0. The summed E-state index contributed by atoms with van der Waals surface area (Å²) in [6.45, 7) is 2.21. The van der Waals surface area contributed by atoms with Gasteiger partial charge in [-0.3, -0.25) is 4.98 Å². The van der Waals surface area contributed by atoms with Crippen LogP contribution in [0.2, 0.25) is 0 Å². The summed E-state index contributed by atoms with van der Waals surface area (Å²) in [4.78, 5) is 4.69. The third-order valence-corrected chi connectivity index (χ3v) is 2.70. The molecule has 15 heavy (non-hydrogen) atoms. The van der Waals surface area contributed by atoms with Gasteiger partial charge in [0.25, 0.3) is 0 Å². The first-order valence-electron chi connectivity index (χ1n) is 5.71. The van der Waals surface area contributed by atoms with Gasteiger partial charge in [0.15, 0.2) is 0 Å². The minimum atomic E-state index is 0.395. The molecule has 1 aromatic heterocycles. The van der Waals surface area contributed by atoms with E-state index in [1.807, 2.05) is 0 Å². The summed E-state index contributed by atoms with van der Waals surface area (Å²) >= 11 is 0. The van der Waals surface area contributed by atoms with E-state index >= 15 is 0 Å². The Morgan fingerprint density at radius 1 is 1.20 bits per heavy atom. The lowest BCUT2D eigenvalue weighted by atomic mass is 10.1. The molecule has 1 aromatic rings. The molecule has 0 atom stereocenters. The number of hydrogen-bond donors (Lipinski definition) is 0. The lowest BCUT2D eigenvalue weighted by molar-refractivity contribution is 0.769. The van der Waals surface area contributed by atoms with Gasteiger partial charge in [0.1, 0.15) is 0 Å². The van der Waals surface area contributed by atoms with Crippen molar-refractivity contribution in [1.82, 2.24) is 4.98 Å². The van der Waals surface area contributed by atoms with Gasteiger partial charge in [0.05, 0.1) is 5.69 Å². The average molecular weight is 199 g/mol. The van der Waals surface area contributed by atoms with Gasteiger partial charge in [-0.1, -0.05) is 43.7 Å². The maximum absolute atomic E-state index is 4.69. The molecule has 0 bridgehead atoms. The Morgan fingerprint density at radius 2 is 2.00 bits per heavy atom. The van der Waals surface area contributed by atoms with Crippen LogP contribution in [0.3, 0.4) is 0 Å². The molecule has 78 valence electrons. The van der Waals surface area contributed by atoms with Gasteiger partial charge >= 0.3 is 0 Å². The Hall–Kier alpha value is -1.37. The van der Waals surface area contributed by atoms with Crippen molar-refractivity contribution >= 4 is 0 Å². The molecule has 0 saturated carbocycles. The van der Waals surface area contributed by atoms with Gasteiger partial charge in [-0.2, -0.15) is 0 Å². The molecule has 1 heteroatoms. The molecule has 0 spiro atoms. The van der Waals surface area contributed by atoms with Crippen molar-refractivity contribution in [3.05, 3.63) is 53.9 Å². The standard InChI is InChI=1S/C14H17N/c1-2-3-9-13-10-6-11-14(15-13)12-7-4-5-8-12/h4-8,10-12H,2-3,9H2,1H3. The Labute approximate surface area is 91.6 Å². The van der Waals surface area contributed by atoms with Crippen LogP contribution in [0.1, 0.15) is 37.1 Å². The highest BCUT2D eigenvalue weighted by atomic mass is 14.7. The Kier molecular flexibility index (Phi) is 3.33. The fourth-order valence-electron chi connectivity index (χ4n) is 1.81. The maximum Gasteiger partial charge on any atom is 0.0513 e. The maximum atomic E-state index is 4.69. The first-order valence-corrected chi connectivity index (χ1v) is 5.71. The zero-order valence-corrected chi connectivity index (χ0v) is 9.19. The Bertz CT molecular complexity index is 365. The fourth-order valence-corrected chi connectivity index (χ4v) is 1.81. The third-order valence-electron chi connectivity index (χ3n) is 2.70. The van der Waals surface area contributed by atoms with Gasteiger partial charge in [0.2, 0.25) is 0 Å². The van der Waals surface area contributed by atoms with Crippen molar-refractivity contribution in [1.29, 1.82) is 0 Å². The third kappa shape index (κ3) is 2.56. The minimum Gasteiger partial charge on any atom is -0.257 e. The van der Waals surface area contributed by atoms with Crippen molar-refractivity contribution in [3.63, 3.8) is 0 Å². The zero-order chi connectivity index (χ0) is 10.5. The van der Waals surface area contributed by atoms with Crippen LogP contribution < -0.4 is 0 Å². The molecule has 0 N–H and O–H groups in total. The van der Waals surface area contributed by atoms with E-state index in [1.165, 1.54) is 24.2 Å². The van der Waals surface area contributed by atoms with E-state index in [2.05, 4.69) is 54.4 Å². The number of aryl methyl sites for hydroxylation is 1. The molecule has 1 heterocycles. The van der Waals surface area contributed by atoms with Crippen LogP contribution >= 0.6 is 0 Å². The number of pyridine rings is 1. The summed E-state index contributed by atoms with van der Waals surface area (Å²) in [5.74, 6) is 0.395. The molecular formula is C14H17N. The quantitative estimate of drug-likeness (QED) is 0.721. The predicted molar refractivity (Wildman–Crippen MR) is 63.9 cm³/mol. The monoisotopic (exact) mass is 199 g/mol. The normalized spacial score (nSPS) is 15.0. The molecule has 2 rings (SSSR count). The van der Waals surface area contributed by atoms with E-state index in [0.29, 0.717) is 5.92 Å². The first-order chi connectivity index (χ1) is 7.40. The molecule has 0 aliphatic heterocycles. The van der Waals surface area contributed by atoms with E-state index in [-0.39, 0.29) is 0 Å². The number of allylic oxidation sites excluding steroid dienone is 4. The average Bonchev–Trinajstić information content (AvgIpc) is 2.80. The number of nitrogens with zero attached hydrogens (tertiary/aromatic N) is 1. The van der Waals surface area contributed by atoms with Gasteiger partial charge in [-0.25, -0.2) is 0 Å². The highest BCUT2D eigenvalue weighted by Gasteiger charge is 2.08. The Balaban J connectivity index is 2.11. The van der Waals surface area contributed by atoms with Gasteiger partial charge in [-0.05, 0) is 25.0 Å². The van der Waals surface area contributed by atoms with Crippen LogP contribution in [0.5, 0.6) is 0 Å². The molecule has 0 radical (unpaired) electrons. The highest BCUT2D eigenvalue weighted by molar-refractivity contribution is 5.31. The lowest BCUT2D eigenvalue weighted by Crippen LogP contribution is -1.97. The second-order valence-corrected chi connectivity index (χ2v) is 3.95. The van der Waals surface area contributed by atoms with Crippen LogP contribution in [0.15, 0.2) is 42.5 Å². The van der Waals surface area contributed by atoms with E-state index in [4.69, 9.17) is 0 Å². The summed E-state index contributed by atoms with van der Waals surface area (Å²) in [5, 5.41) is 0. The highest BCUT2D eigenvalue weighted by Crippen LogP contribution is 2.21. The van der Waals surface area contributed by atoms with Crippen LogP contribution in [0.4, 0.5) is 0 Å². The summed E-state index contributed by atoms with van der Waals surface area (Å²) in [7, 11) is 0. The van der Waals surface area contributed by atoms with Crippen molar-refractivity contribution in [2.24, 2.45) is 0 Å². The summed E-state index contributed by atoms with van der Waals surface area (Å²) in [6, 6.07) is 6.36. The lowest BCUT2D eigenvalue weighted by Gasteiger charge is -2.07. The van der Waals surface area contributed by atoms with E-state index in [9.17, 15) is 0 Å². The Morgan fingerprint density at radius 3 is 2.73 bits per heavy atom. The van der Waals surface area contributed by atoms with Crippen LogP contribution in [-0.2, 0) is 6.42 Å². The SMILES string of the molecule is CCCCc1cccc(C2C=CC=C2)n1. The fraction of sp³-hybridized carbons (Fsp3) is 0.357. The molecule has 0 aromatic carbocycles. The molecule has 0 amide bonds. The van der Waals surface area contributed by atoms with E-state index in [1.54, 1.807) is 0 Å².